The molecular formula is C20H17N5O5. The standard InChI is InChI=1S/C20H17N5O5/c1-30-12-3-2-11-9-25(17(27)13(11)8-12)10-20(18(28)23-19(29)24-20)7-6-14-15(26)4-5-16(21)22-14/h2-5,8,26H,9-10H2,1H3,(H2,21,22)(H2,23,24,28,29)/t20-/m1/s1. The van der Waals surface area contributed by atoms with E-state index in [1.54, 1.807) is 18.2 Å². The molecule has 2 aliphatic heterocycles. The predicted octanol–water partition coefficient (Wildman–Crippen LogP) is -0.0363. The summed E-state index contributed by atoms with van der Waals surface area (Å²) in [6.07, 6.45) is 0. The van der Waals surface area contributed by atoms with Crippen molar-refractivity contribution in [2.24, 2.45) is 0 Å². The van der Waals surface area contributed by atoms with Crippen molar-refractivity contribution in [3.05, 3.63) is 47.2 Å². The van der Waals surface area contributed by atoms with Gasteiger partial charge in [-0.15, -0.1) is 0 Å². The van der Waals surface area contributed by atoms with Crippen LogP contribution in [-0.4, -0.2) is 52.0 Å². The third-order valence-corrected chi connectivity index (χ3v) is 4.86. The number of pyridine rings is 1. The molecule has 1 fully saturated rings. The van der Waals surface area contributed by atoms with Crippen LogP contribution in [0.4, 0.5) is 10.6 Å². The van der Waals surface area contributed by atoms with Crippen molar-refractivity contribution in [1.82, 2.24) is 20.5 Å². The van der Waals surface area contributed by atoms with Gasteiger partial charge < -0.3 is 25.8 Å². The zero-order chi connectivity index (χ0) is 21.5. The number of aromatic nitrogens is 1. The van der Waals surface area contributed by atoms with Gasteiger partial charge in [0.2, 0.25) is 5.54 Å². The van der Waals surface area contributed by atoms with Crippen LogP contribution in [0.25, 0.3) is 0 Å². The summed E-state index contributed by atoms with van der Waals surface area (Å²) in [5, 5.41) is 14.5. The van der Waals surface area contributed by atoms with Gasteiger partial charge in [0.1, 0.15) is 17.3 Å². The second-order valence-electron chi connectivity index (χ2n) is 6.85. The highest BCUT2D eigenvalue weighted by atomic mass is 16.5. The number of nitrogens with two attached hydrogens (primary N) is 1. The lowest BCUT2D eigenvalue weighted by Gasteiger charge is -2.26. The number of carbonyl (C=O) groups excluding carboxylic acids is 3. The van der Waals surface area contributed by atoms with Crippen LogP contribution in [0.5, 0.6) is 11.5 Å². The number of urea groups is 1. The van der Waals surface area contributed by atoms with Crippen molar-refractivity contribution in [3.8, 4) is 23.3 Å². The summed E-state index contributed by atoms with van der Waals surface area (Å²) in [4.78, 5) is 42.6. The molecule has 0 aliphatic carbocycles. The summed E-state index contributed by atoms with van der Waals surface area (Å²) in [5.41, 5.74) is 5.07. The molecule has 1 saturated heterocycles. The molecule has 4 amide bonds. The number of carbonyl (C=O) groups is 3. The van der Waals surface area contributed by atoms with E-state index in [-0.39, 0.29) is 36.3 Å². The first-order valence-corrected chi connectivity index (χ1v) is 8.90. The molecule has 0 radical (unpaired) electrons. The summed E-state index contributed by atoms with van der Waals surface area (Å²) in [7, 11) is 1.50. The number of benzene rings is 1. The lowest BCUT2D eigenvalue weighted by molar-refractivity contribution is -0.122. The monoisotopic (exact) mass is 407 g/mol. The number of ether oxygens (including phenoxy) is 1. The largest absolute Gasteiger partial charge is 0.505 e. The number of nitrogens with zero attached hydrogens (tertiary/aromatic N) is 2. The predicted molar refractivity (Wildman–Crippen MR) is 104 cm³/mol. The molecule has 5 N–H and O–H groups in total. The molecule has 4 rings (SSSR count). The van der Waals surface area contributed by atoms with Gasteiger partial charge >= 0.3 is 6.03 Å². The fraction of sp³-hybridized carbons (Fsp3) is 0.200. The first-order chi connectivity index (χ1) is 14.3. The van der Waals surface area contributed by atoms with Crippen LogP contribution in [0.1, 0.15) is 21.6 Å². The summed E-state index contributed by atoms with van der Waals surface area (Å²) in [6, 6.07) is 7.12. The first kappa shape index (κ1) is 19.1. The van der Waals surface area contributed by atoms with Crippen molar-refractivity contribution < 1.29 is 24.2 Å². The summed E-state index contributed by atoms with van der Waals surface area (Å²) in [6.45, 7) is 0.0446. The zero-order valence-electron chi connectivity index (χ0n) is 15.9. The lowest BCUT2D eigenvalue weighted by atomic mass is 9.99. The van der Waals surface area contributed by atoms with Gasteiger partial charge in [0.05, 0.1) is 13.7 Å². The lowest BCUT2D eigenvalue weighted by Crippen LogP contribution is -2.54. The van der Waals surface area contributed by atoms with Gasteiger partial charge in [-0.25, -0.2) is 9.78 Å². The van der Waals surface area contributed by atoms with Crippen LogP contribution in [0.2, 0.25) is 0 Å². The van der Waals surface area contributed by atoms with E-state index < -0.39 is 17.5 Å². The molecule has 3 heterocycles. The van der Waals surface area contributed by atoms with Gasteiger partial charge in [0, 0.05) is 12.1 Å². The van der Waals surface area contributed by atoms with E-state index in [9.17, 15) is 19.5 Å². The third-order valence-electron chi connectivity index (χ3n) is 4.86. The zero-order valence-corrected chi connectivity index (χ0v) is 15.9. The van der Waals surface area contributed by atoms with E-state index in [0.717, 1.165) is 5.56 Å². The van der Waals surface area contributed by atoms with Gasteiger partial charge in [-0.2, -0.15) is 0 Å². The van der Waals surface area contributed by atoms with Crippen LogP contribution in [0.15, 0.2) is 30.3 Å². The maximum absolute atomic E-state index is 12.9. The summed E-state index contributed by atoms with van der Waals surface area (Å²) >= 11 is 0. The Morgan fingerprint density at radius 3 is 2.80 bits per heavy atom. The molecule has 10 heteroatoms. The van der Waals surface area contributed by atoms with Crippen LogP contribution in [0, 0.1) is 11.8 Å². The van der Waals surface area contributed by atoms with E-state index in [0.29, 0.717) is 11.3 Å². The SMILES string of the molecule is COc1ccc2c(c1)C(=O)N(C[C@@]1(C#Cc3nc(N)ccc3O)NC(=O)NC1=O)C2. The minimum Gasteiger partial charge on any atom is -0.505 e. The third kappa shape index (κ3) is 3.22. The molecule has 30 heavy (non-hydrogen) atoms. The summed E-state index contributed by atoms with van der Waals surface area (Å²) in [5.74, 6) is 4.67. The Bertz CT molecular complexity index is 1150. The number of hydrogen-bond acceptors (Lipinski definition) is 7. The Hall–Kier alpha value is -4.26. The number of imide groups is 1. The average molecular weight is 407 g/mol. The number of anilines is 1. The van der Waals surface area contributed by atoms with E-state index in [1.165, 1.54) is 24.1 Å². The topological polar surface area (TPSA) is 147 Å². The number of nitrogen functional groups attached to an aromatic ring is 1. The molecule has 1 atom stereocenters. The maximum Gasteiger partial charge on any atom is 0.323 e. The number of fused-ring (bicyclic) bond motifs is 1. The van der Waals surface area contributed by atoms with E-state index in [4.69, 9.17) is 10.5 Å². The molecule has 0 saturated carbocycles. The van der Waals surface area contributed by atoms with Crippen LogP contribution >= 0.6 is 0 Å². The minimum absolute atomic E-state index is 0.0518. The van der Waals surface area contributed by atoms with Crippen molar-refractivity contribution >= 4 is 23.7 Å². The number of amides is 4. The van der Waals surface area contributed by atoms with Crippen molar-refractivity contribution in [2.45, 2.75) is 12.1 Å². The van der Waals surface area contributed by atoms with Crippen molar-refractivity contribution in [3.63, 3.8) is 0 Å². The summed E-state index contributed by atoms with van der Waals surface area (Å²) < 4.78 is 5.16. The Labute approximate surface area is 171 Å². The van der Waals surface area contributed by atoms with Crippen LogP contribution < -0.4 is 21.1 Å². The van der Waals surface area contributed by atoms with Crippen molar-refractivity contribution in [1.29, 1.82) is 0 Å². The molecule has 152 valence electrons. The normalized spacial score (nSPS) is 19.6. The van der Waals surface area contributed by atoms with Crippen LogP contribution in [-0.2, 0) is 11.3 Å². The molecule has 1 aromatic heterocycles. The molecule has 2 aromatic rings. The van der Waals surface area contributed by atoms with Gasteiger partial charge in [-0.1, -0.05) is 12.0 Å². The Morgan fingerprint density at radius 1 is 1.30 bits per heavy atom. The number of hydrogen-bond donors (Lipinski definition) is 4. The van der Waals surface area contributed by atoms with Gasteiger partial charge in [0.25, 0.3) is 11.8 Å². The Kier molecular flexibility index (Phi) is 4.43. The molecule has 0 bridgehead atoms. The highest BCUT2D eigenvalue weighted by Gasteiger charge is 2.48. The second-order valence-corrected chi connectivity index (χ2v) is 6.85. The smallest absolute Gasteiger partial charge is 0.323 e. The number of nitrogens with one attached hydrogen (secondary N) is 2. The highest BCUT2D eigenvalue weighted by molar-refractivity contribution is 6.10. The average Bonchev–Trinajstić information content (AvgIpc) is 3.18. The molecular weight excluding hydrogens is 390 g/mol. The molecule has 10 nitrogen and oxygen atoms in total. The van der Waals surface area contributed by atoms with Gasteiger partial charge in [0.15, 0.2) is 5.69 Å². The Balaban J connectivity index is 1.67. The van der Waals surface area contributed by atoms with Crippen molar-refractivity contribution in [2.75, 3.05) is 19.4 Å². The quantitative estimate of drug-likeness (QED) is 0.412. The van der Waals surface area contributed by atoms with Gasteiger partial charge in [-0.05, 0) is 35.7 Å². The number of aromatic hydroxyl groups is 1. The molecule has 0 unspecified atom stereocenters. The number of rotatable bonds is 3. The number of methoxy groups -OCH3 is 1. The molecule has 0 spiro atoms. The van der Waals surface area contributed by atoms with E-state index in [2.05, 4.69) is 27.5 Å². The minimum atomic E-state index is -1.71. The maximum atomic E-state index is 12.9. The molecule has 2 aliphatic rings. The van der Waals surface area contributed by atoms with Gasteiger partial charge in [-0.3, -0.25) is 14.9 Å². The fourth-order valence-corrected chi connectivity index (χ4v) is 3.34. The first-order valence-electron chi connectivity index (χ1n) is 8.90. The van der Waals surface area contributed by atoms with E-state index >= 15 is 0 Å². The van der Waals surface area contributed by atoms with Crippen LogP contribution in [0.3, 0.4) is 0 Å². The van der Waals surface area contributed by atoms with E-state index in [1.807, 2.05) is 0 Å². The second kappa shape index (κ2) is 6.97. The Morgan fingerprint density at radius 2 is 2.10 bits per heavy atom. The fourth-order valence-electron chi connectivity index (χ4n) is 3.34. The molecule has 1 aromatic carbocycles. The highest BCUT2D eigenvalue weighted by Crippen LogP contribution is 2.28.